The predicted octanol–water partition coefficient (Wildman–Crippen LogP) is 2.68. The van der Waals surface area contributed by atoms with Gasteiger partial charge in [0.2, 0.25) is 0 Å². The first kappa shape index (κ1) is 11.0. The number of nitrogens with one attached hydrogen (secondary N) is 1. The zero-order valence-electron chi connectivity index (χ0n) is 9.01. The molecule has 0 radical (unpaired) electrons. The molecule has 0 bridgehead atoms. The SMILES string of the molecule is CCCC(CC)NC1CCCCO1. The van der Waals surface area contributed by atoms with Crippen LogP contribution in [0.3, 0.4) is 0 Å². The average molecular weight is 185 g/mol. The first-order valence-electron chi connectivity index (χ1n) is 5.74. The van der Waals surface area contributed by atoms with Gasteiger partial charge >= 0.3 is 0 Å². The zero-order valence-corrected chi connectivity index (χ0v) is 9.01. The summed E-state index contributed by atoms with van der Waals surface area (Å²) in [6.45, 7) is 5.43. The van der Waals surface area contributed by atoms with Crippen molar-refractivity contribution in [1.82, 2.24) is 5.32 Å². The Morgan fingerprint density at radius 2 is 2.23 bits per heavy atom. The minimum absolute atomic E-state index is 0.338. The van der Waals surface area contributed by atoms with Gasteiger partial charge in [0.15, 0.2) is 0 Å². The van der Waals surface area contributed by atoms with Crippen molar-refractivity contribution >= 4 is 0 Å². The third-order valence-corrected chi connectivity index (χ3v) is 2.73. The van der Waals surface area contributed by atoms with Gasteiger partial charge in [-0.25, -0.2) is 0 Å². The molecule has 1 heterocycles. The summed E-state index contributed by atoms with van der Waals surface area (Å²) in [7, 11) is 0. The third-order valence-electron chi connectivity index (χ3n) is 2.73. The van der Waals surface area contributed by atoms with E-state index in [0.717, 1.165) is 6.61 Å². The van der Waals surface area contributed by atoms with Gasteiger partial charge in [0.25, 0.3) is 0 Å². The fraction of sp³-hybridized carbons (Fsp3) is 1.00. The molecule has 0 aromatic carbocycles. The second-order valence-corrected chi connectivity index (χ2v) is 3.92. The van der Waals surface area contributed by atoms with Crippen LogP contribution in [0.1, 0.15) is 52.4 Å². The minimum Gasteiger partial charge on any atom is -0.363 e. The maximum Gasteiger partial charge on any atom is 0.108 e. The Balaban J connectivity index is 2.18. The highest BCUT2D eigenvalue weighted by atomic mass is 16.5. The highest BCUT2D eigenvalue weighted by molar-refractivity contribution is 4.69. The van der Waals surface area contributed by atoms with Gasteiger partial charge in [0, 0.05) is 12.6 Å². The molecule has 0 aromatic heterocycles. The van der Waals surface area contributed by atoms with Crippen LogP contribution in [0.2, 0.25) is 0 Å². The van der Waals surface area contributed by atoms with Gasteiger partial charge < -0.3 is 4.74 Å². The van der Waals surface area contributed by atoms with E-state index < -0.39 is 0 Å². The highest BCUT2D eigenvalue weighted by Gasteiger charge is 2.16. The largest absolute Gasteiger partial charge is 0.363 e. The fourth-order valence-electron chi connectivity index (χ4n) is 1.89. The van der Waals surface area contributed by atoms with Gasteiger partial charge in [-0.2, -0.15) is 0 Å². The van der Waals surface area contributed by atoms with Crippen molar-refractivity contribution in [3.63, 3.8) is 0 Å². The van der Waals surface area contributed by atoms with E-state index in [9.17, 15) is 0 Å². The molecule has 13 heavy (non-hydrogen) atoms. The van der Waals surface area contributed by atoms with Crippen molar-refractivity contribution in [3.8, 4) is 0 Å². The topological polar surface area (TPSA) is 21.3 Å². The normalized spacial score (nSPS) is 25.8. The van der Waals surface area contributed by atoms with Crippen LogP contribution < -0.4 is 5.32 Å². The molecular weight excluding hydrogens is 162 g/mol. The summed E-state index contributed by atoms with van der Waals surface area (Å²) >= 11 is 0. The lowest BCUT2D eigenvalue weighted by molar-refractivity contribution is -0.0133. The monoisotopic (exact) mass is 185 g/mol. The summed E-state index contributed by atoms with van der Waals surface area (Å²) < 4.78 is 5.65. The number of ether oxygens (including phenoxy) is 1. The highest BCUT2D eigenvalue weighted by Crippen LogP contribution is 2.12. The lowest BCUT2D eigenvalue weighted by Gasteiger charge is -2.28. The number of rotatable bonds is 5. The van der Waals surface area contributed by atoms with Crippen molar-refractivity contribution < 1.29 is 4.74 Å². The predicted molar refractivity (Wildman–Crippen MR) is 55.7 cm³/mol. The van der Waals surface area contributed by atoms with Crippen molar-refractivity contribution in [2.45, 2.75) is 64.6 Å². The maximum absolute atomic E-state index is 5.65. The third kappa shape index (κ3) is 4.10. The smallest absolute Gasteiger partial charge is 0.108 e. The lowest BCUT2D eigenvalue weighted by Crippen LogP contribution is -2.41. The van der Waals surface area contributed by atoms with Gasteiger partial charge in [-0.1, -0.05) is 20.3 Å². The standard InChI is InChI=1S/C11H23NO/c1-3-7-10(4-2)12-11-8-5-6-9-13-11/h10-12H,3-9H2,1-2H3. The van der Waals surface area contributed by atoms with E-state index in [4.69, 9.17) is 4.74 Å². The number of hydrogen-bond donors (Lipinski definition) is 1. The Labute approximate surface area is 82.0 Å². The molecule has 0 spiro atoms. The average Bonchev–Trinajstić information content (AvgIpc) is 2.19. The first-order valence-corrected chi connectivity index (χ1v) is 5.74. The van der Waals surface area contributed by atoms with Crippen LogP contribution in [0.4, 0.5) is 0 Å². The molecule has 1 rings (SSSR count). The molecule has 2 nitrogen and oxygen atoms in total. The molecule has 0 saturated carbocycles. The van der Waals surface area contributed by atoms with Gasteiger partial charge in [-0.3, -0.25) is 5.32 Å². The number of hydrogen-bond acceptors (Lipinski definition) is 2. The van der Waals surface area contributed by atoms with Crippen LogP contribution in [0.5, 0.6) is 0 Å². The molecule has 0 aliphatic carbocycles. The van der Waals surface area contributed by atoms with Gasteiger partial charge in [0.1, 0.15) is 6.23 Å². The molecule has 1 aliphatic heterocycles. The molecular formula is C11H23NO. The Hall–Kier alpha value is -0.0800. The van der Waals surface area contributed by atoms with Crippen molar-refractivity contribution in [3.05, 3.63) is 0 Å². The van der Waals surface area contributed by atoms with Crippen LogP contribution in [0, 0.1) is 0 Å². The summed E-state index contributed by atoms with van der Waals surface area (Å²) in [5.74, 6) is 0. The summed E-state index contributed by atoms with van der Waals surface area (Å²) in [5, 5.41) is 3.58. The summed E-state index contributed by atoms with van der Waals surface area (Å²) in [6.07, 6.45) is 7.84. The molecule has 78 valence electrons. The van der Waals surface area contributed by atoms with Gasteiger partial charge in [0.05, 0.1) is 0 Å². The molecule has 2 atom stereocenters. The maximum atomic E-state index is 5.65. The molecule has 2 unspecified atom stereocenters. The van der Waals surface area contributed by atoms with Crippen LogP contribution in [-0.2, 0) is 4.74 Å². The van der Waals surface area contributed by atoms with Crippen LogP contribution in [-0.4, -0.2) is 18.9 Å². The molecule has 0 aromatic rings. The molecule has 1 N–H and O–H groups in total. The summed E-state index contributed by atoms with van der Waals surface area (Å²) in [6, 6.07) is 0.660. The Morgan fingerprint density at radius 3 is 2.77 bits per heavy atom. The quantitative estimate of drug-likeness (QED) is 0.711. The van der Waals surface area contributed by atoms with Gasteiger partial charge in [-0.05, 0) is 32.1 Å². The van der Waals surface area contributed by atoms with Crippen molar-refractivity contribution in [2.24, 2.45) is 0 Å². The molecule has 0 amide bonds. The van der Waals surface area contributed by atoms with Crippen LogP contribution in [0.15, 0.2) is 0 Å². The second kappa shape index (κ2) is 6.39. The van der Waals surface area contributed by atoms with E-state index in [1.165, 1.54) is 38.5 Å². The van der Waals surface area contributed by atoms with E-state index in [-0.39, 0.29) is 0 Å². The van der Waals surface area contributed by atoms with E-state index >= 15 is 0 Å². The lowest BCUT2D eigenvalue weighted by atomic mass is 10.1. The first-order chi connectivity index (χ1) is 6.36. The second-order valence-electron chi connectivity index (χ2n) is 3.92. The van der Waals surface area contributed by atoms with Crippen LogP contribution >= 0.6 is 0 Å². The van der Waals surface area contributed by atoms with E-state index in [0.29, 0.717) is 12.3 Å². The summed E-state index contributed by atoms with van der Waals surface area (Å²) in [5.41, 5.74) is 0. The molecule has 2 heteroatoms. The Bertz CT molecular complexity index is 119. The van der Waals surface area contributed by atoms with Crippen molar-refractivity contribution in [2.75, 3.05) is 6.61 Å². The van der Waals surface area contributed by atoms with Crippen LogP contribution in [0.25, 0.3) is 0 Å². The minimum atomic E-state index is 0.338. The summed E-state index contributed by atoms with van der Waals surface area (Å²) in [4.78, 5) is 0. The molecule has 1 aliphatic rings. The zero-order chi connectivity index (χ0) is 9.52. The Kier molecular flexibility index (Phi) is 5.40. The van der Waals surface area contributed by atoms with Crippen molar-refractivity contribution in [1.29, 1.82) is 0 Å². The fourth-order valence-corrected chi connectivity index (χ4v) is 1.89. The molecule has 1 saturated heterocycles. The van der Waals surface area contributed by atoms with Gasteiger partial charge in [-0.15, -0.1) is 0 Å². The van der Waals surface area contributed by atoms with E-state index in [1.807, 2.05) is 0 Å². The van der Waals surface area contributed by atoms with E-state index in [2.05, 4.69) is 19.2 Å². The Morgan fingerprint density at radius 1 is 1.38 bits per heavy atom. The van der Waals surface area contributed by atoms with E-state index in [1.54, 1.807) is 0 Å². The molecule has 1 fully saturated rings.